The quantitative estimate of drug-likeness (QED) is 0.748. The maximum absolute atomic E-state index is 13.4. The molecule has 3 N–H and O–H groups in total. The van der Waals surface area contributed by atoms with E-state index in [0.29, 0.717) is 6.54 Å². The first-order chi connectivity index (χ1) is 7.60. The number of likely N-dealkylation sites (N-methyl/N-ethyl adjacent to an activating group) is 1. The lowest BCUT2D eigenvalue weighted by molar-refractivity contribution is 0.0727. The molecule has 0 saturated carbocycles. The van der Waals surface area contributed by atoms with Gasteiger partial charge in [-0.15, -0.1) is 0 Å². The van der Waals surface area contributed by atoms with Crippen molar-refractivity contribution >= 4 is 11.6 Å². The number of benzene rings is 1. The average Bonchev–Trinajstić information content (AvgIpc) is 2.25. The van der Waals surface area contributed by atoms with Gasteiger partial charge in [-0.25, -0.2) is 4.39 Å². The second-order valence-corrected chi connectivity index (χ2v) is 3.35. The number of hydrogen-bond donors (Lipinski definition) is 2. The molecule has 0 aliphatic carbocycles. The maximum atomic E-state index is 13.4. The second-order valence-electron chi connectivity index (χ2n) is 3.35. The molecule has 0 saturated heterocycles. The summed E-state index contributed by atoms with van der Waals surface area (Å²) in [5.41, 5.74) is 5.64. The molecule has 4 nitrogen and oxygen atoms in total. The van der Waals surface area contributed by atoms with E-state index in [1.54, 1.807) is 6.92 Å². The van der Waals surface area contributed by atoms with Gasteiger partial charge in [0.15, 0.2) is 0 Å². The molecule has 0 bridgehead atoms. The van der Waals surface area contributed by atoms with Gasteiger partial charge in [0.1, 0.15) is 5.82 Å². The highest BCUT2D eigenvalue weighted by molar-refractivity contribution is 5.94. The lowest BCUT2D eigenvalue weighted by atomic mass is 10.1. The van der Waals surface area contributed by atoms with E-state index >= 15 is 0 Å². The molecule has 0 atom stereocenters. The first-order valence-corrected chi connectivity index (χ1v) is 5.05. The molecule has 1 rings (SSSR count). The van der Waals surface area contributed by atoms with Crippen molar-refractivity contribution in [2.45, 2.75) is 6.92 Å². The van der Waals surface area contributed by atoms with Crippen molar-refractivity contribution in [3.8, 4) is 0 Å². The number of rotatable bonds is 4. The third-order valence-corrected chi connectivity index (χ3v) is 2.26. The summed E-state index contributed by atoms with van der Waals surface area (Å²) >= 11 is 0. The predicted octanol–water partition coefficient (Wildman–Crippen LogP) is 0.862. The fraction of sp³-hybridized carbons (Fsp3) is 0.364. The first kappa shape index (κ1) is 12.4. The van der Waals surface area contributed by atoms with E-state index in [9.17, 15) is 9.18 Å². The van der Waals surface area contributed by atoms with Crippen molar-refractivity contribution in [3.63, 3.8) is 0 Å². The molecule has 0 heterocycles. The van der Waals surface area contributed by atoms with Gasteiger partial charge < -0.3 is 15.7 Å². The van der Waals surface area contributed by atoms with Crippen molar-refractivity contribution in [2.75, 3.05) is 25.4 Å². The Morgan fingerprint density at radius 3 is 2.75 bits per heavy atom. The number of amides is 1. The highest BCUT2D eigenvalue weighted by Gasteiger charge is 2.17. The number of aliphatic hydroxyl groups excluding tert-OH is 1. The summed E-state index contributed by atoms with van der Waals surface area (Å²) in [6, 6.07) is 3.94. The molecular weight excluding hydrogens is 211 g/mol. The summed E-state index contributed by atoms with van der Waals surface area (Å²) in [6.45, 7) is 2.24. The van der Waals surface area contributed by atoms with Gasteiger partial charge >= 0.3 is 0 Å². The number of halogens is 1. The van der Waals surface area contributed by atoms with Crippen LogP contribution in [-0.4, -0.2) is 35.6 Å². The highest BCUT2D eigenvalue weighted by Crippen LogP contribution is 2.13. The number of carbonyl (C=O) groups is 1. The third kappa shape index (κ3) is 2.70. The van der Waals surface area contributed by atoms with Crippen LogP contribution >= 0.6 is 0 Å². The van der Waals surface area contributed by atoms with Crippen LogP contribution in [0.3, 0.4) is 0 Å². The van der Waals surface area contributed by atoms with Crippen LogP contribution < -0.4 is 5.73 Å². The number of carbonyl (C=O) groups excluding carboxylic acids is 1. The highest BCUT2D eigenvalue weighted by atomic mass is 19.1. The SMILES string of the molecule is CCN(CCO)C(=O)c1ccc(N)cc1F. The molecule has 16 heavy (non-hydrogen) atoms. The van der Waals surface area contributed by atoms with Crippen LogP contribution in [0.15, 0.2) is 18.2 Å². The van der Waals surface area contributed by atoms with E-state index in [4.69, 9.17) is 10.8 Å². The minimum atomic E-state index is -0.638. The zero-order valence-corrected chi connectivity index (χ0v) is 9.11. The largest absolute Gasteiger partial charge is 0.399 e. The molecular formula is C11H15FN2O2. The van der Waals surface area contributed by atoms with Crippen LogP contribution in [0.5, 0.6) is 0 Å². The van der Waals surface area contributed by atoms with Gasteiger partial charge in [-0.3, -0.25) is 4.79 Å². The van der Waals surface area contributed by atoms with Crippen molar-refractivity contribution in [3.05, 3.63) is 29.6 Å². The van der Waals surface area contributed by atoms with Gasteiger partial charge in [0.05, 0.1) is 12.2 Å². The van der Waals surface area contributed by atoms with E-state index in [1.165, 1.54) is 17.0 Å². The topological polar surface area (TPSA) is 66.6 Å². The normalized spacial score (nSPS) is 10.2. The zero-order chi connectivity index (χ0) is 12.1. The Balaban J connectivity index is 2.94. The minimum absolute atomic E-state index is 0.0236. The molecule has 0 aliphatic rings. The van der Waals surface area contributed by atoms with Gasteiger partial charge in [0, 0.05) is 18.8 Å². The summed E-state index contributed by atoms with van der Waals surface area (Å²) < 4.78 is 13.4. The molecule has 0 fully saturated rings. The third-order valence-electron chi connectivity index (χ3n) is 2.26. The molecule has 1 amide bonds. The summed E-state index contributed by atoms with van der Waals surface area (Å²) in [5.74, 6) is -1.07. The Morgan fingerprint density at radius 1 is 1.56 bits per heavy atom. The molecule has 5 heteroatoms. The second kappa shape index (κ2) is 5.46. The molecule has 1 aromatic rings. The molecule has 1 aromatic carbocycles. The number of anilines is 1. The van der Waals surface area contributed by atoms with Gasteiger partial charge in [-0.1, -0.05) is 0 Å². The molecule has 0 aliphatic heterocycles. The fourth-order valence-electron chi connectivity index (χ4n) is 1.40. The van der Waals surface area contributed by atoms with E-state index in [-0.39, 0.29) is 24.4 Å². The summed E-state index contributed by atoms with van der Waals surface area (Å²) in [6.07, 6.45) is 0. The maximum Gasteiger partial charge on any atom is 0.256 e. The Kier molecular flexibility index (Phi) is 4.25. The Bertz CT molecular complexity index is 382. The van der Waals surface area contributed by atoms with Crippen molar-refractivity contribution < 1.29 is 14.3 Å². The van der Waals surface area contributed by atoms with Crippen LogP contribution in [-0.2, 0) is 0 Å². The van der Waals surface area contributed by atoms with Crippen LogP contribution in [0, 0.1) is 5.82 Å². The lowest BCUT2D eigenvalue weighted by Gasteiger charge is -2.19. The van der Waals surface area contributed by atoms with E-state index in [2.05, 4.69) is 0 Å². The van der Waals surface area contributed by atoms with Crippen LogP contribution in [0.25, 0.3) is 0 Å². The minimum Gasteiger partial charge on any atom is -0.399 e. The number of nitrogens with two attached hydrogens (primary N) is 1. The smallest absolute Gasteiger partial charge is 0.256 e. The molecule has 0 aromatic heterocycles. The average molecular weight is 226 g/mol. The summed E-state index contributed by atoms with van der Waals surface area (Å²) in [4.78, 5) is 13.2. The molecule has 0 spiro atoms. The van der Waals surface area contributed by atoms with Gasteiger partial charge in [-0.05, 0) is 25.1 Å². The lowest BCUT2D eigenvalue weighted by Crippen LogP contribution is -2.33. The standard InChI is InChI=1S/C11H15FN2O2/c1-2-14(5-6-15)11(16)9-4-3-8(13)7-10(9)12/h3-4,7,15H,2,5-6,13H2,1H3. The van der Waals surface area contributed by atoms with Crippen molar-refractivity contribution in [1.82, 2.24) is 4.90 Å². The van der Waals surface area contributed by atoms with Gasteiger partial charge in [-0.2, -0.15) is 0 Å². The van der Waals surface area contributed by atoms with Crippen LogP contribution in [0.2, 0.25) is 0 Å². The fourth-order valence-corrected chi connectivity index (χ4v) is 1.40. The first-order valence-electron chi connectivity index (χ1n) is 5.05. The van der Waals surface area contributed by atoms with Crippen LogP contribution in [0.1, 0.15) is 17.3 Å². The number of nitrogen functional groups attached to an aromatic ring is 1. The van der Waals surface area contributed by atoms with E-state index < -0.39 is 11.7 Å². The Hall–Kier alpha value is -1.62. The molecule has 0 unspecified atom stereocenters. The van der Waals surface area contributed by atoms with Crippen molar-refractivity contribution in [2.24, 2.45) is 0 Å². The summed E-state index contributed by atoms with van der Waals surface area (Å²) in [7, 11) is 0. The Labute approximate surface area is 93.5 Å². The van der Waals surface area contributed by atoms with E-state index in [1.807, 2.05) is 0 Å². The molecule has 88 valence electrons. The number of nitrogens with zero attached hydrogens (tertiary/aromatic N) is 1. The number of aliphatic hydroxyl groups is 1. The monoisotopic (exact) mass is 226 g/mol. The van der Waals surface area contributed by atoms with Gasteiger partial charge in [0.2, 0.25) is 0 Å². The van der Waals surface area contributed by atoms with Gasteiger partial charge in [0.25, 0.3) is 5.91 Å². The van der Waals surface area contributed by atoms with E-state index in [0.717, 1.165) is 6.07 Å². The molecule has 0 radical (unpaired) electrons. The van der Waals surface area contributed by atoms with Crippen molar-refractivity contribution in [1.29, 1.82) is 0 Å². The number of hydrogen-bond acceptors (Lipinski definition) is 3. The Morgan fingerprint density at radius 2 is 2.25 bits per heavy atom. The predicted molar refractivity (Wildman–Crippen MR) is 59.5 cm³/mol. The summed E-state index contributed by atoms with van der Waals surface area (Å²) in [5, 5.41) is 8.77. The van der Waals surface area contributed by atoms with Crippen LogP contribution in [0.4, 0.5) is 10.1 Å². The zero-order valence-electron chi connectivity index (χ0n) is 9.11.